The molecule has 102 valence electrons. The minimum atomic E-state index is -0.617. The Balaban J connectivity index is 1.97. The minimum absolute atomic E-state index is 0.0122. The number of nitrogens with zero attached hydrogens (tertiary/aromatic N) is 2. The highest BCUT2D eigenvalue weighted by atomic mass is 16.2. The summed E-state index contributed by atoms with van der Waals surface area (Å²) in [6.45, 7) is 2.60. The van der Waals surface area contributed by atoms with Crippen molar-refractivity contribution in [3.8, 4) is 0 Å². The number of rotatable bonds is 1. The molecule has 6 heteroatoms. The molecule has 2 amide bonds. The van der Waals surface area contributed by atoms with Crippen LogP contribution in [-0.4, -0.2) is 52.7 Å². The Morgan fingerprint density at radius 1 is 1.37 bits per heavy atom. The summed E-state index contributed by atoms with van der Waals surface area (Å²) in [4.78, 5) is 38.3. The largest absolute Gasteiger partial charge is 0.328 e. The highest BCUT2D eigenvalue weighted by Gasteiger charge is 2.51. The van der Waals surface area contributed by atoms with Crippen LogP contribution < -0.4 is 5.43 Å². The quantitative estimate of drug-likeness (QED) is 0.646. The van der Waals surface area contributed by atoms with E-state index in [9.17, 15) is 14.4 Å². The van der Waals surface area contributed by atoms with Crippen molar-refractivity contribution in [2.75, 3.05) is 13.1 Å². The molecule has 3 rings (SSSR count). The standard InChI is InChI=1S/C13H17N3O3/c1-8(17)9-4-3-7-15-11(9)13(19)16-10(12(15)18)5-2-6-14-16/h2,5,9-11,14H,3-4,6-7H2,1H3. The number of hydrazine groups is 1. The fourth-order valence-electron chi connectivity index (χ4n) is 3.23. The zero-order valence-electron chi connectivity index (χ0n) is 10.8. The molecule has 1 N–H and O–H groups in total. The summed E-state index contributed by atoms with van der Waals surface area (Å²) in [6.07, 6.45) is 5.07. The molecule has 0 radical (unpaired) electrons. The number of piperazine rings is 1. The molecule has 19 heavy (non-hydrogen) atoms. The number of carbonyl (C=O) groups is 3. The number of Topliss-reactive ketones (excluding diaryl/α,β-unsaturated/α-hetero) is 1. The van der Waals surface area contributed by atoms with Gasteiger partial charge in [-0.1, -0.05) is 12.2 Å². The van der Waals surface area contributed by atoms with E-state index < -0.39 is 12.1 Å². The van der Waals surface area contributed by atoms with Crippen molar-refractivity contribution in [1.29, 1.82) is 0 Å². The number of fused-ring (bicyclic) bond motifs is 2. The topological polar surface area (TPSA) is 69.7 Å². The molecule has 0 aromatic rings. The van der Waals surface area contributed by atoms with Gasteiger partial charge in [0.25, 0.3) is 11.8 Å². The minimum Gasteiger partial charge on any atom is -0.328 e. The summed E-state index contributed by atoms with van der Waals surface area (Å²) in [7, 11) is 0. The van der Waals surface area contributed by atoms with Crippen LogP contribution >= 0.6 is 0 Å². The van der Waals surface area contributed by atoms with Crippen LogP contribution in [0.15, 0.2) is 12.2 Å². The maximum absolute atomic E-state index is 12.5. The van der Waals surface area contributed by atoms with Gasteiger partial charge in [-0.05, 0) is 19.8 Å². The fourth-order valence-corrected chi connectivity index (χ4v) is 3.23. The molecule has 0 aliphatic carbocycles. The predicted molar refractivity (Wildman–Crippen MR) is 66.7 cm³/mol. The molecule has 2 fully saturated rings. The van der Waals surface area contributed by atoms with Crippen molar-refractivity contribution in [3.63, 3.8) is 0 Å². The second-order valence-corrected chi connectivity index (χ2v) is 5.28. The van der Waals surface area contributed by atoms with Crippen molar-refractivity contribution in [2.45, 2.75) is 31.8 Å². The molecule has 0 aromatic carbocycles. The molecule has 3 aliphatic heterocycles. The number of carbonyl (C=O) groups excluding carboxylic acids is 3. The van der Waals surface area contributed by atoms with Gasteiger partial charge in [-0.15, -0.1) is 0 Å². The van der Waals surface area contributed by atoms with Crippen LogP contribution in [0.4, 0.5) is 0 Å². The van der Waals surface area contributed by atoms with Crippen molar-refractivity contribution < 1.29 is 14.4 Å². The van der Waals surface area contributed by atoms with E-state index >= 15 is 0 Å². The van der Waals surface area contributed by atoms with Crippen molar-refractivity contribution in [2.24, 2.45) is 5.92 Å². The van der Waals surface area contributed by atoms with Crippen LogP contribution in [0, 0.1) is 5.92 Å². The first-order valence-electron chi connectivity index (χ1n) is 6.65. The lowest BCUT2D eigenvalue weighted by molar-refractivity contribution is -0.169. The third-order valence-electron chi connectivity index (χ3n) is 4.16. The Labute approximate surface area is 111 Å². The van der Waals surface area contributed by atoms with Crippen molar-refractivity contribution in [1.82, 2.24) is 15.3 Å². The molecule has 3 unspecified atom stereocenters. The van der Waals surface area contributed by atoms with Gasteiger partial charge < -0.3 is 4.90 Å². The average molecular weight is 263 g/mol. The Morgan fingerprint density at radius 3 is 2.89 bits per heavy atom. The van der Waals surface area contributed by atoms with Gasteiger partial charge in [0.2, 0.25) is 0 Å². The van der Waals surface area contributed by atoms with E-state index in [1.54, 1.807) is 11.0 Å². The van der Waals surface area contributed by atoms with Crippen LogP contribution in [-0.2, 0) is 14.4 Å². The zero-order chi connectivity index (χ0) is 13.6. The van der Waals surface area contributed by atoms with Crippen molar-refractivity contribution >= 4 is 17.6 Å². The predicted octanol–water partition coefficient (Wildman–Crippen LogP) is -0.532. The Bertz CT molecular complexity index is 474. The molecular weight excluding hydrogens is 246 g/mol. The summed E-state index contributed by atoms with van der Waals surface area (Å²) in [6, 6.07) is -1.17. The maximum atomic E-state index is 12.5. The van der Waals surface area contributed by atoms with Gasteiger partial charge in [0.1, 0.15) is 17.9 Å². The fraction of sp³-hybridized carbons (Fsp3) is 0.615. The maximum Gasteiger partial charge on any atom is 0.261 e. The lowest BCUT2D eigenvalue weighted by Crippen LogP contribution is -2.71. The molecule has 3 heterocycles. The molecule has 2 saturated heterocycles. The highest BCUT2D eigenvalue weighted by molar-refractivity contribution is 6.01. The smallest absolute Gasteiger partial charge is 0.261 e. The monoisotopic (exact) mass is 263 g/mol. The SMILES string of the molecule is CC(=O)C1CCCN2C(=O)C3C=CCNN3C(=O)C12. The molecular formula is C13H17N3O3. The van der Waals surface area contributed by atoms with Gasteiger partial charge in [0, 0.05) is 19.0 Å². The van der Waals surface area contributed by atoms with Gasteiger partial charge in [0.15, 0.2) is 0 Å². The molecule has 6 nitrogen and oxygen atoms in total. The van der Waals surface area contributed by atoms with Crippen LogP contribution in [0.1, 0.15) is 19.8 Å². The first kappa shape index (κ1) is 12.3. The lowest BCUT2D eigenvalue weighted by atomic mass is 9.83. The Hall–Kier alpha value is -1.69. The van der Waals surface area contributed by atoms with Gasteiger partial charge in [-0.2, -0.15) is 0 Å². The summed E-state index contributed by atoms with van der Waals surface area (Å²) < 4.78 is 0. The van der Waals surface area contributed by atoms with Crippen LogP contribution in [0.2, 0.25) is 0 Å². The number of hydrogen-bond donors (Lipinski definition) is 1. The van der Waals surface area contributed by atoms with E-state index in [4.69, 9.17) is 0 Å². The molecule has 0 aromatic heterocycles. The summed E-state index contributed by atoms with van der Waals surface area (Å²) >= 11 is 0. The van der Waals surface area contributed by atoms with E-state index in [1.165, 1.54) is 11.9 Å². The summed E-state index contributed by atoms with van der Waals surface area (Å²) in [5.74, 6) is -0.617. The van der Waals surface area contributed by atoms with Crippen molar-refractivity contribution in [3.05, 3.63) is 12.2 Å². The van der Waals surface area contributed by atoms with Crippen LogP contribution in [0.5, 0.6) is 0 Å². The lowest BCUT2D eigenvalue weighted by Gasteiger charge is -2.49. The third kappa shape index (κ3) is 1.78. The molecule has 0 saturated carbocycles. The van der Waals surface area contributed by atoms with E-state index in [1.807, 2.05) is 6.08 Å². The first-order chi connectivity index (χ1) is 9.11. The second-order valence-electron chi connectivity index (χ2n) is 5.28. The second kappa shape index (κ2) is 4.45. The molecule has 0 spiro atoms. The molecule has 0 bridgehead atoms. The Morgan fingerprint density at radius 2 is 2.16 bits per heavy atom. The number of amides is 2. The van der Waals surface area contributed by atoms with Gasteiger partial charge >= 0.3 is 0 Å². The normalized spacial score (nSPS) is 34.1. The van der Waals surface area contributed by atoms with Gasteiger partial charge in [-0.3, -0.25) is 19.4 Å². The summed E-state index contributed by atoms with van der Waals surface area (Å²) in [5, 5.41) is 1.39. The Kier molecular flexibility index (Phi) is 2.89. The van der Waals surface area contributed by atoms with E-state index in [0.717, 1.165) is 6.42 Å². The number of nitrogens with one attached hydrogen (secondary N) is 1. The first-order valence-corrected chi connectivity index (χ1v) is 6.65. The zero-order valence-corrected chi connectivity index (χ0v) is 10.8. The van der Waals surface area contributed by atoms with E-state index in [2.05, 4.69) is 5.43 Å². The highest BCUT2D eigenvalue weighted by Crippen LogP contribution is 2.31. The molecule has 3 aliphatic rings. The number of piperidine rings is 1. The van der Waals surface area contributed by atoms with E-state index in [0.29, 0.717) is 19.5 Å². The molecule has 3 atom stereocenters. The number of hydrogen-bond acceptors (Lipinski definition) is 4. The van der Waals surface area contributed by atoms with Gasteiger partial charge in [-0.25, -0.2) is 5.43 Å². The third-order valence-corrected chi connectivity index (χ3v) is 4.16. The van der Waals surface area contributed by atoms with Crippen LogP contribution in [0.25, 0.3) is 0 Å². The number of ketones is 1. The average Bonchev–Trinajstić information content (AvgIpc) is 2.44. The van der Waals surface area contributed by atoms with E-state index in [-0.39, 0.29) is 23.5 Å². The van der Waals surface area contributed by atoms with Crippen LogP contribution in [0.3, 0.4) is 0 Å². The summed E-state index contributed by atoms with van der Waals surface area (Å²) in [5.41, 5.74) is 2.93. The van der Waals surface area contributed by atoms with Gasteiger partial charge in [0.05, 0.1) is 0 Å².